The molecule has 0 aliphatic heterocycles. The summed E-state index contributed by atoms with van der Waals surface area (Å²) in [7, 11) is 0. The van der Waals surface area contributed by atoms with Crippen LogP contribution < -0.4 is 16.4 Å². The van der Waals surface area contributed by atoms with Crippen LogP contribution in [0.5, 0.6) is 0 Å². The Kier molecular flexibility index (Phi) is 5.40. The van der Waals surface area contributed by atoms with E-state index in [0.717, 1.165) is 41.1 Å². The first-order valence-electron chi connectivity index (χ1n) is 8.23. The number of fused-ring (bicyclic) bond motifs is 1. The predicted octanol–water partition coefficient (Wildman–Crippen LogP) is 3.11. The molecule has 1 aromatic carbocycles. The number of hydrogen-bond acceptors (Lipinski definition) is 5. The van der Waals surface area contributed by atoms with E-state index >= 15 is 0 Å². The molecule has 1 aromatic heterocycles. The number of nitrogens with one attached hydrogen (secondary N) is 2. The fourth-order valence-corrected chi connectivity index (χ4v) is 3.70. The molecule has 1 aliphatic rings. The van der Waals surface area contributed by atoms with Gasteiger partial charge in [-0.1, -0.05) is 4.49 Å². The summed E-state index contributed by atoms with van der Waals surface area (Å²) in [5, 5.41) is 9.75. The van der Waals surface area contributed by atoms with E-state index in [-0.39, 0.29) is 6.03 Å². The van der Waals surface area contributed by atoms with Crippen molar-refractivity contribution in [2.45, 2.75) is 44.6 Å². The fraction of sp³-hybridized carbons (Fsp3) is 0.562. The number of carbonyl (C=O) groups is 1. The lowest BCUT2D eigenvalue weighted by Gasteiger charge is -2.25. The molecule has 0 atom stereocenters. The summed E-state index contributed by atoms with van der Waals surface area (Å²) >= 11 is 1.32. The highest BCUT2D eigenvalue weighted by Gasteiger charge is 2.17. The molecule has 0 saturated heterocycles. The molecule has 1 fully saturated rings. The van der Waals surface area contributed by atoms with Crippen LogP contribution in [0.2, 0.25) is 0 Å². The van der Waals surface area contributed by atoms with E-state index < -0.39 is 0 Å². The number of anilines is 1. The van der Waals surface area contributed by atoms with Crippen LogP contribution in [0.1, 0.15) is 38.5 Å². The van der Waals surface area contributed by atoms with E-state index in [4.69, 9.17) is 5.73 Å². The van der Waals surface area contributed by atoms with Gasteiger partial charge in [-0.3, -0.25) is 0 Å². The summed E-state index contributed by atoms with van der Waals surface area (Å²) in [5.74, 6) is 0.779. The van der Waals surface area contributed by atoms with Crippen LogP contribution in [0.25, 0.3) is 10.2 Å². The zero-order chi connectivity index (χ0) is 16.1. The van der Waals surface area contributed by atoms with Crippen molar-refractivity contribution in [1.29, 1.82) is 0 Å². The standard InChI is InChI=1S/C16H23N5OS/c17-12-5-3-11(4-6-12)2-1-9-18-16(22)19-13-7-8-14-15(10-13)23-21-20-14/h7-8,10-12H,1-6,9,17H2,(H2,18,19,22). The molecular formula is C16H23N5OS. The first-order chi connectivity index (χ1) is 11.2. The quantitative estimate of drug-likeness (QED) is 0.733. The van der Waals surface area contributed by atoms with Crippen LogP contribution in [0.3, 0.4) is 0 Å². The minimum atomic E-state index is -0.160. The number of benzene rings is 1. The molecule has 1 aliphatic carbocycles. The van der Waals surface area contributed by atoms with Crippen molar-refractivity contribution < 1.29 is 4.79 Å². The maximum absolute atomic E-state index is 11.9. The Hall–Kier alpha value is -1.73. The molecule has 0 spiro atoms. The number of hydrogen-bond donors (Lipinski definition) is 3. The van der Waals surface area contributed by atoms with Gasteiger partial charge in [0.15, 0.2) is 0 Å². The Morgan fingerprint density at radius 2 is 2.13 bits per heavy atom. The van der Waals surface area contributed by atoms with Crippen molar-refractivity contribution >= 4 is 33.5 Å². The van der Waals surface area contributed by atoms with Gasteiger partial charge in [-0.15, -0.1) is 5.10 Å². The molecule has 1 heterocycles. The largest absolute Gasteiger partial charge is 0.338 e. The van der Waals surface area contributed by atoms with Crippen molar-refractivity contribution in [2.75, 3.05) is 11.9 Å². The molecule has 0 bridgehead atoms. The van der Waals surface area contributed by atoms with E-state index in [0.29, 0.717) is 12.6 Å². The normalized spacial score (nSPS) is 21.3. The minimum absolute atomic E-state index is 0.160. The van der Waals surface area contributed by atoms with Crippen molar-refractivity contribution in [3.8, 4) is 0 Å². The van der Waals surface area contributed by atoms with Crippen LogP contribution in [0, 0.1) is 5.92 Å². The van der Waals surface area contributed by atoms with Gasteiger partial charge in [0, 0.05) is 18.3 Å². The maximum atomic E-state index is 11.9. The second kappa shape index (κ2) is 7.70. The first-order valence-corrected chi connectivity index (χ1v) is 9.00. The summed E-state index contributed by atoms with van der Waals surface area (Å²) in [6, 6.07) is 5.84. The summed E-state index contributed by atoms with van der Waals surface area (Å²) in [5.41, 5.74) is 7.54. The third-order valence-corrected chi connectivity index (χ3v) is 5.16. The van der Waals surface area contributed by atoms with Crippen molar-refractivity contribution in [1.82, 2.24) is 14.9 Å². The highest BCUT2D eigenvalue weighted by molar-refractivity contribution is 7.12. The molecule has 3 rings (SSSR count). The van der Waals surface area contributed by atoms with Crippen molar-refractivity contribution in [2.24, 2.45) is 11.7 Å². The maximum Gasteiger partial charge on any atom is 0.319 e. The van der Waals surface area contributed by atoms with Gasteiger partial charge < -0.3 is 16.4 Å². The number of carbonyl (C=O) groups excluding carboxylic acids is 1. The van der Waals surface area contributed by atoms with Gasteiger partial charge in [0.2, 0.25) is 0 Å². The van der Waals surface area contributed by atoms with Crippen LogP contribution in [-0.4, -0.2) is 28.2 Å². The van der Waals surface area contributed by atoms with Crippen LogP contribution in [-0.2, 0) is 0 Å². The summed E-state index contributed by atoms with van der Waals surface area (Å²) in [6.45, 7) is 0.707. The Bertz CT molecular complexity index is 651. The Labute approximate surface area is 140 Å². The van der Waals surface area contributed by atoms with Gasteiger partial charge in [-0.25, -0.2) is 4.79 Å². The van der Waals surface area contributed by atoms with Crippen LogP contribution >= 0.6 is 11.5 Å². The van der Waals surface area contributed by atoms with E-state index in [9.17, 15) is 4.79 Å². The van der Waals surface area contributed by atoms with Crippen molar-refractivity contribution in [3.63, 3.8) is 0 Å². The average molecular weight is 333 g/mol. The van der Waals surface area contributed by atoms with Gasteiger partial charge in [0.25, 0.3) is 0 Å². The Balaban J connectivity index is 1.36. The summed E-state index contributed by atoms with van der Waals surface area (Å²) in [6.07, 6.45) is 6.95. The Morgan fingerprint density at radius 1 is 1.30 bits per heavy atom. The van der Waals surface area contributed by atoms with E-state index in [2.05, 4.69) is 20.2 Å². The molecule has 4 N–H and O–H groups in total. The lowest BCUT2D eigenvalue weighted by molar-refractivity contribution is 0.251. The van der Waals surface area contributed by atoms with E-state index in [1.54, 1.807) is 0 Å². The molecule has 2 amide bonds. The number of nitrogens with zero attached hydrogens (tertiary/aromatic N) is 2. The molecule has 6 nitrogen and oxygen atoms in total. The second-order valence-corrected chi connectivity index (χ2v) is 7.05. The van der Waals surface area contributed by atoms with Gasteiger partial charge >= 0.3 is 6.03 Å². The lowest BCUT2D eigenvalue weighted by atomic mass is 9.84. The third kappa shape index (κ3) is 4.62. The molecule has 0 unspecified atom stereocenters. The smallest absolute Gasteiger partial charge is 0.319 e. The first kappa shape index (κ1) is 16.1. The second-order valence-electron chi connectivity index (χ2n) is 6.26. The monoisotopic (exact) mass is 333 g/mol. The van der Waals surface area contributed by atoms with Crippen LogP contribution in [0.15, 0.2) is 18.2 Å². The third-order valence-electron chi connectivity index (χ3n) is 4.47. The Morgan fingerprint density at radius 3 is 2.96 bits per heavy atom. The van der Waals surface area contributed by atoms with E-state index in [1.807, 2.05) is 18.2 Å². The highest BCUT2D eigenvalue weighted by Crippen LogP contribution is 2.26. The topological polar surface area (TPSA) is 92.9 Å². The molecular weight excluding hydrogens is 310 g/mol. The summed E-state index contributed by atoms with van der Waals surface area (Å²) < 4.78 is 4.86. The molecule has 7 heteroatoms. The molecule has 0 radical (unpaired) electrons. The predicted molar refractivity (Wildman–Crippen MR) is 93.6 cm³/mol. The molecule has 1 saturated carbocycles. The number of amides is 2. The van der Waals surface area contributed by atoms with Gasteiger partial charge in [0.05, 0.1) is 4.70 Å². The summed E-state index contributed by atoms with van der Waals surface area (Å²) in [4.78, 5) is 11.9. The number of rotatable bonds is 5. The number of aromatic nitrogens is 2. The minimum Gasteiger partial charge on any atom is -0.338 e. The average Bonchev–Trinajstić information content (AvgIpc) is 3.01. The molecule has 2 aromatic rings. The van der Waals surface area contributed by atoms with Crippen LogP contribution in [0.4, 0.5) is 10.5 Å². The van der Waals surface area contributed by atoms with Gasteiger partial charge in [-0.05, 0) is 74.2 Å². The van der Waals surface area contributed by atoms with Crippen molar-refractivity contribution in [3.05, 3.63) is 18.2 Å². The number of nitrogens with two attached hydrogens (primary N) is 1. The van der Waals surface area contributed by atoms with Gasteiger partial charge in [-0.2, -0.15) is 0 Å². The molecule has 23 heavy (non-hydrogen) atoms. The van der Waals surface area contributed by atoms with Gasteiger partial charge in [0.1, 0.15) is 5.52 Å². The molecule has 124 valence electrons. The zero-order valence-electron chi connectivity index (χ0n) is 13.1. The fourth-order valence-electron chi connectivity index (χ4n) is 3.10. The SMILES string of the molecule is NC1CCC(CCCNC(=O)Nc2ccc3nnsc3c2)CC1. The number of urea groups is 1. The van der Waals surface area contributed by atoms with E-state index in [1.165, 1.54) is 30.8 Å². The highest BCUT2D eigenvalue weighted by atomic mass is 32.1. The zero-order valence-corrected chi connectivity index (χ0v) is 13.9. The lowest BCUT2D eigenvalue weighted by Crippen LogP contribution is -2.30.